The number of carbonyl (C=O) groups is 2. The third kappa shape index (κ3) is 6.23. The van der Waals surface area contributed by atoms with Crippen molar-refractivity contribution in [1.29, 1.82) is 5.26 Å². The van der Waals surface area contributed by atoms with Crippen LogP contribution in [0.25, 0.3) is 0 Å². The normalized spacial score (nSPS) is 15.3. The molecule has 0 radical (unpaired) electrons. The summed E-state index contributed by atoms with van der Waals surface area (Å²) in [5.41, 5.74) is 2.43. The number of esters is 1. The van der Waals surface area contributed by atoms with Gasteiger partial charge in [-0.15, -0.1) is 0 Å². The molecule has 3 rings (SSSR count). The van der Waals surface area contributed by atoms with E-state index in [0.717, 1.165) is 0 Å². The molecule has 0 aromatic heterocycles. The second kappa shape index (κ2) is 11.8. The molecule has 2 aromatic rings. The highest BCUT2D eigenvalue weighted by Gasteiger charge is 2.35. The number of nitriles is 1. The van der Waals surface area contributed by atoms with Crippen LogP contribution < -0.4 is 10.6 Å². The highest BCUT2D eigenvalue weighted by atomic mass is 35.5. The molecule has 6 nitrogen and oxygen atoms in total. The molecule has 0 unspecified atom stereocenters. The lowest BCUT2D eigenvalue weighted by Crippen LogP contribution is -2.29. The number of benzene rings is 2. The van der Waals surface area contributed by atoms with E-state index in [2.05, 4.69) is 23.3 Å². The SMILES string of the molecule is C=CCOC(=O)C1=C(C)NC(SCC(=O)Nc2cccc(Cl)c2)=C(C#N)[C@H]1c1ccc(Cl)cc1. The first-order chi connectivity index (χ1) is 16.3. The van der Waals surface area contributed by atoms with Crippen molar-refractivity contribution < 1.29 is 14.3 Å². The Hall–Kier alpha value is -3.18. The van der Waals surface area contributed by atoms with E-state index in [1.807, 2.05) is 0 Å². The van der Waals surface area contributed by atoms with E-state index in [1.54, 1.807) is 55.5 Å². The average Bonchev–Trinajstić information content (AvgIpc) is 2.81. The van der Waals surface area contributed by atoms with Gasteiger partial charge < -0.3 is 15.4 Å². The average molecular weight is 514 g/mol. The van der Waals surface area contributed by atoms with Crippen molar-refractivity contribution in [2.75, 3.05) is 17.7 Å². The molecule has 34 heavy (non-hydrogen) atoms. The van der Waals surface area contributed by atoms with Crippen molar-refractivity contribution in [2.24, 2.45) is 0 Å². The van der Waals surface area contributed by atoms with Crippen LogP contribution in [0.15, 0.2) is 83.1 Å². The largest absolute Gasteiger partial charge is 0.458 e. The van der Waals surface area contributed by atoms with Crippen molar-refractivity contribution in [1.82, 2.24) is 5.32 Å². The maximum absolute atomic E-state index is 12.9. The number of anilines is 1. The Morgan fingerprint density at radius 1 is 1.24 bits per heavy atom. The summed E-state index contributed by atoms with van der Waals surface area (Å²) in [6.07, 6.45) is 1.47. The summed E-state index contributed by atoms with van der Waals surface area (Å²) in [5.74, 6) is -1.46. The predicted molar refractivity (Wildman–Crippen MR) is 136 cm³/mol. The van der Waals surface area contributed by atoms with Gasteiger partial charge in [0.2, 0.25) is 5.91 Å². The van der Waals surface area contributed by atoms with Crippen LogP contribution in [0, 0.1) is 11.3 Å². The molecule has 1 amide bonds. The number of dihydropyridines is 1. The molecule has 1 aliphatic heterocycles. The highest BCUT2D eigenvalue weighted by molar-refractivity contribution is 8.03. The zero-order chi connectivity index (χ0) is 24.7. The Morgan fingerprint density at radius 2 is 1.97 bits per heavy atom. The van der Waals surface area contributed by atoms with Crippen LogP contribution in [0.1, 0.15) is 18.4 Å². The lowest BCUT2D eigenvalue weighted by Gasteiger charge is -2.29. The van der Waals surface area contributed by atoms with Crippen molar-refractivity contribution in [3.05, 3.63) is 98.7 Å². The summed E-state index contributed by atoms with van der Waals surface area (Å²) in [6.45, 7) is 5.34. The maximum Gasteiger partial charge on any atom is 0.337 e. The van der Waals surface area contributed by atoms with Gasteiger partial charge in [0, 0.05) is 21.4 Å². The van der Waals surface area contributed by atoms with Crippen LogP contribution in [-0.4, -0.2) is 24.2 Å². The number of halogens is 2. The third-order valence-corrected chi connectivity index (χ3v) is 6.36. The molecule has 1 atom stereocenters. The molecule has 2 aromatic carbocycles. The van der Waals surface area contributed by atoms with Crippen LogP contribution in [0.2, 0.25) is 10.0 Å². The number of nitrogens with one attached hydrogen (secondary N) is 2. The molecule has 9 heteroatoms. The van der Waals surface area contributed by atoms with Gasteiger partial charge in [-0.1, -0.05) is 65.8 Å². The Balaban J connectivity index is 1.89. The number of ether oxygens (including phenoxy) is 1. The van der Waals surface area contributed by atoms with E-state index >= 15 is 0 Å². The lowest BCUT2D eigenvalue weighted by molar-refractivity contribution is -0.138. The van der Waals surface area contributed by atoms with Gasteiger partial charge in [0.25, 0.3) is 0 Å². The van der Waals surface area contributed by atoms with Gasteiger partial charge in [0.15, 0.2) is 0 Å². The topological polar surface area (TPSA) is 91.2 Å². The van der Waals surface area contributed by atoms with E-state index in [4.69, 9.17) is 27.9 Å². The molecule has 1 aliphatic rings. The first-order valence-electron chi connectivity index (χ1n) is 10.2. The molecule has 0 spiro atoms. The van der Waals surface area contributed by atoms with Crippen LogP contribution in [0.5, 0.6) is 0 Å². The summed E-state index contributed by atoms with van der Waals surface area (Å²) in [5, 5.41) is 17.5. The molecule has 0 saturated heterocycles. The summed E-state index contributed by atoms with van der Waals surface area (Å²) in [6, 6.07) is 16.0. The number of rotatable bonds is 8. The fraction of sp³-hybridized carbons (Fsp3) is 0.160. The number of amides is 1. The minimum atomic E-state index is -0.681. The quantitative estimate of drug-likeness (QED) is 0.342. The number of allylic oxidation sites excluding steroid dienone is 2. The van der Waals surface area contributed by atoms with Gasteiger partial charge >= 0.3 is 5.97 Å². The first kappa shape index (κ1) is 25.4. The van der Waals surface area contributed by atoms with Gasteiger partial charge in [-0.25, -0.2) is 4.79 Å². The Labute approximate surface area is 212 Å². The highest BCUT2D eigenvalue weighted by Crippen LogP contribution is 2.41. The third-order valence-electron chi connectivity index (χ3n) is 4.86. The second-order valence-electron chi connectivity index (χ2n) is 7.24. The van der Waals surface area contributed by atoms with Gasteiger partial charge in [-0.3, -0.25) is 4.79 Å². The van der Waals surface area contributed by atoms with Crippen LogP contribution in [0.4, 0.5) is 5.69 Å². The molecule has 2 N–H and O–H groups in total. The number of carbonyl (C=O) groups excluding carboxylic acids is 2. The summed E-state index contributed by atoms with van der Waals surface area (Å²) < 4.78 is 5.28. The van der Waals surface area contributed by atoms with Crippen molar-refractivity contribution in [3.63, 3.8) is 0 Å². The smallest absolute Gasteiger partial charge is 0.337 e. The second-order valence-corrected chi connectivity index (χ2v) is 9.10. The molecule has 0 saturated carbocycles. The Kier molecular flexibility index (Phi) is 8.83. The molecular weight excluding hydrogens is 493 g/mol. The minimum Gasteiger partial charge on any atom is -0.458 e. The molecular formula is C25H21Cl2N3O3S. The van der Waals surface area contributed by atoms with Gasteiger partial charge in [0.1, 0.15) is 6.61 Å². The molecule has 1 heterocycles. The zero-order valence-electron chi connectivity index (χ0n) is 18.2. The van der Waals surface area contributed by atoms with Gasteiger partial charge in [0.05, 0.1) is 33.9 Å². The number of thioether (sulfide) groups is 1. The summed E-state index contributed by atoms with van der Waals surface area (Å²) in [7, 11) is 0. The van der Waals surface area contributed by atoms with Crippen molar-refractivity contribution in [3.8, 4) is 6.07 Å². The number of nitrogens with zero attached hydrogens (tertiary/aromatic N) is 1. The fourth-order valence-corrected chi connectivity index (χ4v) is 4.61. The maximum atomic E-state index is 12.9. The van der Waals surface area contributed by atoms with Crippen molar-refractivity contribution in [2.45, 2.75) is 12.8 Å². The van der Waals surface area contributed by atoms with E-state index in [0.29, 0.717) is 43.2 Å². The summed E-state index contributed by atoms with van der Waals surface area (Å²) >= 11 is 13.2. The monoisotopic (exact) mass is 513 g/mol. The van der Waals surface area contributed by atoms with Crippen LogP contribution >= 0.6 is 35.0 Å². The predicted octanol–water partition coefficient (Wildman–Crippen LogP) is 5.79. The molecule has 0 fully saturated rings. The standard InChI is InChI=1S/C25H21Cl2N3O3S/c1-3-11-33-25(32)22-15(2)29-24(20(13-28)23(22)16-7-9-17(26)10-8-16)34-14-21(31)30-19-6-4-5-18(27)12-19/h3-10,12,23,29H,1,11,14H2,2H3,(H,30,31)/t23-/m1/s1. The summed E-state index contributed by atoms with van der Waals surface area (Å²) in [4.78, 5) is 25.4. The molecule has 0 aliphatic carbocycles. The Morgan fingerprint density at radius 3 is 2.62 bits per heavy atom. The van der Waals surface area contributed by atoms with Gasteiger partial charge in [-0.05, 0) is 42.8 Å². The zero-order valence-corrected chi connectivity index (χ0v) is 20.6. The Bertz CT molecular complexity index is 1220. The lowest BCUT2D eigenvalue weighted by atomic mass is 9.82. The molecule has 0 bridgehead atoms. The van der Waals surface area contributed by atoms with Gasteiger partial charge in [-0.2, -0.15) is 5.26 Å². The first-order valence-corrected chi connectivity index (χ1v) is 11.9. The van der Waals surface area contributed by atoms with Crippen LogP contribution in [0.3, 0.4) is 0 Å². The van der Waals surface area contributed by atoms with E-state index in [1.165, 1.54) is 17.8 Å². The van der Waals surface area contributed by atoms with E-state index in [9.17, 15) is 14.9 Å². The number of hydrogen-bond acceptors (Lipinski definition) is 6. The number of hydrogen-bond donors (Lipinski definition) is 2. The van der Waals surface area contributed by atoms with E-state index < -0.39 is 11.9 Å². The van der Waals surface area contributed by atoms with Crippen LogP contribution in [-0.2, 0) is 14.3 Å². The van der Waals surface area contributed by atoms with E-state index in [-0.39, 0.29) is 18.3 Å². The fourth-order valence-electron chi connectivity index (χ4n) is 3.40. The minimum absolute atomic E-state index is 0.0386. The van der Waals surface area contributed by atoms with Crippen molar-refractivity contribution >= 4 is 52.5 Å². The molecule has 174 valence electrons.